The highest BCUT2D eigenvalue weighted by atomic mass is 16.3. The molecule has 9 aromatic carbocycles. The summed E-state index contributed by atoms with van der Waals surface area (Å²) in [6, 6.07) is 65.8. The van der Waals surface area contributed by atoms with Gasteiger partial charge in [0.2, 0.25) is 0 Å². The Morgan fingerprint density at radius 1 is 0.291 bits per heavy atom. The summed E-state index contributed by atoms with van der Waals surface area (Å²) in [5.41, 5.74) is 9.11. The highest BCUT2D eigenvalue weighted by Gasteiger charge is 2.19. The minimum Gasteiger partial charge on any atom is -0.455 e. The molecule has 55 heavy (non-hydrogen) atoms. The molecule has 2 aromatic heterocycles. The third-order valence-electron chi connectivity index (χ3n) is 10.7. The zero-order chi connectivity index (χ0) is 36.3. The van der Waals surface area contributed by atoms with Crippen LogP contribution in [0, 0.1) is 0 Å². The predicted molar refractivity (Wildman–Crippen MR) is 227 cm³/mol. The molecule has 4 nitrogen and oxygen atoms in total. The largest absolute Gasteiger partial charge is 0.455 e. The molecular weight excluding hydrogens is 671 g/mol. The SMILES string of the molecule is c1ccc(-c2ccc3ccc(-c4nc(-c5ccccc5)nc(-c5cc6c7ccc(-c8ccc9ccccc9c8)cc7oc6c6ccccc56)n4)cc3c2)cc1. The molecule has 4 heteroatoms. The fourth-order valence-corrected chi connectivity index (χ4v) is 7.87. The Hall–Kier alpha value is -7.43. The molecule has 2 heterocycles. The zero-order valence-electron chi connectivity index (χ0n) is 29.6. The van der Waals surface area contributed by atoms with Crippen molar-refractivity contribution in [2.24, 2.45) is 0 Å². The van der Waals surface area contributed by atoms with Crippen LogP contribution in [-0.4, -0.2) is 15.0 Å². The normalized spacial score (nSPS) is 11.6. The van der Waals surface area contributed by atoms with Gasteiger partial charge in [0.05, 0.1) is 0 Å². The molecule has 0 unspecified atom stereocenters. The number of hydrogen-bond donors (Lipinski definition) is 0. The van der Waals surface area contributed by atoms with Crippen LogP contribution in [0.25, 0.3) is 111 Å². The van der Waals surface area contributed by atoms with Crippen LogP contribution >= 0.6 is 0 Å². The maximum absolute atomic E-state index is 6.72. The second kappa shape index (κ2) is 12.6. The molecule has 0 amide bonds. The monoisotopic (exact) mass is 701 g/mol. The Morgan fingerprint density at radius 2 is 0.818 bits per heavy atom. The number of aromatic nitrogens is 3. The van der Waals surface area contributed by atoms with E-state index < -0.39 is 0 Å². The van der Waals surface area contributed by atoms with Gasteiger partial charge in [0.25, 0.3) is 0 Å². The van der Waals surface area contributed by atoms with E-state index in [0.29, 0.717) is 17.5 Å². The first-order valence-electron chi connectivity index (χ1n) is 18.5. The Labute approximate surface area is 317 Å². The molecular formula is C51H31N3O. The van der Waals surface area contributed by atoms with E-state index in [1.54, 1.807) is 0 Å². The molecule has 0 fully saturated rings. The Bertz CT molecular complexity index is 3260. The third-order valence-corrected chi connectivity index (χ3v) is 10.7. The number of hydrogen-bond acceptors (Lipinski definition) is 4. The van der Waals surface area contributed by atoms with E-state index in [1.165, 1.54) is 21.9 Å². The van der Waals surface area contributed by atoms with Crippen LogP contribution in [0.4, 0.5) is 0 Å². The van der Waals surface area contributed by atoms with Crippen LogP contribution < -0.4 is 0 Å². The van der Waals surface area contributed by atoms with Crippen molar-refractivity contribution in [3.63, 3.8) is 0 Å². The number of rotatable bonds is 5. The van der Waals surface area contributed by atoms with Gasteiger partial charge in [-0.05, 0) is 85.6 Å². The summed E-state index contributed by atoms with van der Waals surface area (Å²) in [6.45, 7) is 0. The summed E-state index contributed by atoms with van der Waals surface area (Å²) in [4.78, 5) is 15.5. The Kier molecular flexibility index (Phi) is 7.14. The summed E-state index contributed by atoms with van der Waals surface area (Å²) in [5.74, 6) is 1.86. The van der Waals surface area contributed by atoms with Crippen molar-refractivity contribution in [1.82, 2.24) is 15.0 Å². The highest BCUT2D eigenvalue weighted by Crippen LogP contribution is 2.41. The number of nitrogens with zero attached hydrogens (tertiary/aromatic N) is 3. The molecule has 0 saturated heterocycles. The van der Waals surface area contributed by atoms with Crippen molar-refractivity contribution in [2.45, 2.75) is 0 Å². The topological polar surface area (TPSA) is 51.8 Å². The minimum atomic E-state index is 0.613. The van der Waals surface area contributed by atoms with Crippen molar-refractivity contribution >= 4 is 54.3 Å². The Morgan fingerprint density at radius 3 is 1.60 bits per heavy atom. The maximum Gasteiger partial charge on any atom is 0.164 e. The van der Waals surface area contributed by atoms with Crippen molar-refractivity contribution in [3.8, 4) is 56.4 Å². The lowest BCUT2D eigenvalue weighted by molar-refractivity contribution is 0.673. The molecule has 0 spiro atoms. The van der Waals surface area contributed by atoms with Crippen LogP contribution in [0.1, 0.15) is 0 Å². The maximum atomic E-state index is 6.72. The van der Waals surface area contributed by atoms with Crippen molar-refractivity contribution < 1.29 is 4.42 Å². The van der Waals surface area contributed by atoms with Crippen LogP contribution in [0.2, 0.25) is 0 Å². The summed E-state index contributed by atoms with van der Waals surface area (Å²) >= 11 is 0. The minimum absolute atomic E-state index is 0.613. The second-order valence-corrected chi connectivity index (χ2v) is 14.0. The Balaban J connectivity index is 1.09. The molecule has 0 saturated carbocycles. The fraction of sp³-hybridized carbons (Fsp3) is 0. The first kappa shape index (κ1) is 31.1. The van der Waals surface area contributed by atoms with E-state index in [9.17, 15) is 0 Å². The van der Waals surface area contributed by atoms with Crippen molar-refractivity contribution in [2.75, 3.05) is 0 Å². The van der Waals surface area contributed by atoms with Crippen molar-refractivity contribution in [3.05, 3.63) is 188 Å². The lowest BCUT2D eigenvalue weighted by Crippen LogP contribution is -2.00. The van der Waals surface area contributed by atoms with Crippen LogP contribution in [0.15, 0.2) is 192 Å². The molecule has 0 aliphatic heterocycles. The van der Waals surface area contributed by atoms with Gasteiger partial charge in [-0.15, -0.1) is 0 Å². The molecule has 0 bridgehead atoms. The molecule has 256 valence electrons. The standard InChI is InChI=1S/C51H31N3O/c1-3-11-32(12-4-1)37-22-20-34-21-24-40(29-41(34)28-37)50-52-49(35-14-5-2-6-15-35)53-51(54-50)46-31-45-43-26-25-39(38-23-19-33-13-7-8-16-36(33)27-38)30-47(43)55-48(45)44-18-10-9-17-42(44)46/h1-31H. The van der Waals surface area contributed by atoms with Gasteiger partial charge in [0, 0.05) is 32.8 Å². The lowest BCUT2D eigenvalue weighted by atomic mass is 9.98. The zero-order valence-corrected chi connectivity index (χ0v) is 29.6. The van der Waals surface area contributed by atoms with E-state index in [0.717, 1.165) is 71.3 Å². The number of benzene rings is 9. The molecule has 0 atom stereocenters. The smallest absolute Gasteiger partial charge is 0.164 e. The summed E-state index contributed by atoms with van der Waals surface area (Å²) < 4.78 is 6.72. The molecule has 11 aromatic rings. The van der Waals surface area contributed by atoms with Crippen molar-refractivity contribution in [1.29, 1.82) is 0 Å². The first-order chi connectivity index (χ1) is 27.2. The first-order valence-corrected chi connectivity index (χ1v) is 18.5. The second-order valence-electron chi connectivity index (χ2n) is 14.0. The average Bonchev–Trinajstić information content (AvgIpc) is 3.64. The summed E-state index contributed by atoms with van der Waals surface area (Å²) in [5, 5.41) is 8.84. The van der Waals surface area contributed by atoms with Gasteiger partial charge >= 0.3 is 0 Å². The van der Waals surface area contributed by atoms with Gasteiger partial charge in [-0.3, -0.25) is 0 Å². The number of furan rings is 1. The molecule has 0 radical (unpaired) electrons. The van der Waals surface area contributed by atoms with Gasteiger partial charge in [-0.25, -0.2) is 15.0 Å². The van der Waals surface area contributed by atoms with E-state index in [4.69, 9.17) is 19.4 Å². The predicted octanol–water partition coefficient (Wildman–Crippen LogP) is 13.6. The van der Waals surface area contributed by atoms with Gasteiger partial charge in [-0.1, -0.05) is 152 Å². The third kappa shape index (κ3) is 5.43. The van der Waals surface area contributed by atoms with Gasteiger partial charge in [-0.2, -0.15) is 0 Å². The lowest BCUT2D eigenvalue weighted by Gasteiger charge is -2.11. The highest BCUT2D eigenvalue weighted by molar-refractivity contribution is 6.19. The van der Waals surface area contributed by atoms with E-state index in [2.05, 4.69) is 152 Å². The molecule has 11 rings (SSSR count). The fourth-order valence-electron chi connectivity index (χ4n) is 7.87. The van der Waals surface area contributed by atoms with E-state index >= 15 is 0 Å². The summed E-state index contributed by atoms with van der Waals surface area (Å²) in [6.07, 6.45) is 0. The molecule has 0 aliphatic rings. The van der Waals surface area contributed by atoms with Crippen LogP contribution in [0.3, 0.4) is 0 Å². The van der Waals surface area contributed by atoms with E-state index in [-0.39, 0.29) is 0 Å². The quantitative estimate of drug-likeness (QED) is 0.179. The number of fused-ring (bicyclic) bond motifs is 7. The molecule has 0 N–H and O–H groups in total. The van der Waals surface area contributed by atoms with Gasteiger partial charge in [0.1, 0.15) is 11.2 Å². The van der Waals surface area contributed by atoms with E-state index in [1.807, 2.05) is 36.4 Å². The molecule has 0 aliphatic carbocycles. The average molecular weight is 702 g/mol. The van der Waals surface area contributed by atoms with Crippen LogP contribution in [0.5, 0.6) is 0 Å². The summed E-state index contributed by atoms with van der Waals surface area (Å²) in [7, 11) is 0. The van der Waals surface area contributed by atoms with Crippen LogP contribution in [-0.2, 0) is 0 Å². The van der Waals surface area contributed by atoms with Gasteiger partial charge < -0.3 is 4.42 Å². The van der Waals surface area contributed by atoms with Gasteiger partial charge in [0.15, 0.2) is 17.5 Å².